The Hall–Kier alpha value is -0.910. The molecule has 3 aromatic rings. The summed E-state index contributed by atoms with van der Waals surface area (Å²) in [6, 6.07) is 16.5. The average Bonchev–Trinajstić information content (AvgIpc) is 2.81. The molecule has 2 nitrogen and oxygen atoms in total. The number of benzene rings is 2. The molecule has 0 amide bonds. The standard InChI is InChI=1S/C14H11BrN2S.BrH/c15-11-7-5-10(6-8-11)9-16-14-17-12-3-1-2-4-13(12)18-14;/h1-8H,9H2,(H,16,17);1H/p-1. The highest BCUT2D eigenvalue weighted by molar-refractivity contribution is 9.10. The molecule has 0 radical (unpaired) electrons. The van der Waals surface area contributed by atoms with Gasteiger partial charge in [0.05, 0.1) is 10.2 Å². The maximum absolute atomic E-state index is 4.54. The Balaban J connectivity index is 0.00000133. The van der Waals surface area contributed by atoms with Gasteiger partial charge in [0.1, 0.15) is 0 Å². The van der Waals surface area contributed by atoms with Gasteiger partial charge in [0, 0.05) is 11.0 Å². The lowest BCUT2D eigenvalue weighted by Gasteiger charge is -2.02. The predicted molar refractivity (Wildman–Crippen MR) is 81.1 cm³/mol. The summed E-state index contributed by atoms with van der Waals surface area (Å²) in [5, 5.41) is 4.33. The summed E-state index contributed by atoms with van der Waals surface area (Å²) in [6.45, 7) is 0.799. The number of anilines is 1. The van der Waals surface area contributed by atoms with Crippen LogP contribution in [0.5, 0.6) is 0 Å². The van der Waals surface area contributed by atoms with Crippen molar-refractivity contribution >= 4 is 42.6 Å². The fraction of sp³-hybridized carbons (Fsp3) is 0.0714. The molecule has 0 fully saturated rings. The molecule has 0 atom stereocenters. The molecule has 0 aliphatic heterocycles. The molecule has 3 rings (SSSR count). The Kier molecular flexibility index (Phi) is 4.96. The highest BCUT2D eigenvalue weighted by atomic mass is 79.9. The summed E-state index contributed by atoms with van der Waals surface area (Å²) in [4.78, 5) is 4.54. The van der Waals surface area contributed by atoms with Crippen molar-refractivity contribution in [2.45, 2.75) is 6.54 Å². The van der Waals surface area contributed by atoms with Gasteiger partial charge >= 0.3 is 0 Å². The zero-order valence-corrected chi connectivity index (χ0v) is 13.9. The first kappa shape index (κ1) is 14.5. The van der Waals surface area contributed by atoms with Crippen LogP contribution in [0.15, 0.2) is 53.0 Å². The van der Waals surface area contributed by atoms with E-state index < -0.39 is 0 Å². The SMILES string of the molecule is Brc1ccc(CNc2nc3ccccc3s2)cc1.[Br-]. The first-order chi connectivity index (χ1) is 8.81. The molecule has 19 heavy (non-hydrogen) atoms. The second-order valence-corrected chi connectivity index (χ2v) is 5.91. The highest BCUT2D eigenvalue weighted by Gasteiger charge is 2.02. The number of hydrogen-bond donors (Lipinski definition) is 1. The van der Waals surface area contributed by atoms with Gasteiger partial charge in [-0.2, -0.15) is 0 Å². The van der Waals surface area contributed by atoms with Gasteiger partial charge in [0.2, 0.25) is 0 Å². The highest BCUT2D eigenvalue weighted by Crippen LogP contribution is 2.25. The van der Waals surface area contributed by atoms with E-state index in [1.165, 1.54) is 10.3 Å². The van der Waals surface area contributed by atoms with Crippen LogP contribution in [0.4, 0.5) is 5.13 Å². The Morgan fingerprint density at radius 3 is 2.53 bits per heavy atom. The van der Waals surface area contributed by atoms with Crippen LogP contribution in [0.25, 0.3) is 10.2 Å². The Morgan fingerprint density at radius 2 is 1.79 bits per heavy atom. The normalized spacial score (nSPS) is 10.2. The minimum absolute atomic E-state index is 0. The second-order valence-electron chi connectivity index (χ2n) is 3.97. The van der Waals surface area contributed by atoms with E-state index in [4.69, 9.17) is 0 Å². The minimum Gasteiger partial charge on any atom is -1.00 e. The van der Waals surface area contributed by atoms with Crippen LogP contribution in [-0.2, 0) is 6.54 Å². The first-order valence-electron chi connectivity index (χ1n) is 5.65. The molecule has 0 aliphatic rings. The van der Waals surface area contributed by atoms with E-state index in [1.807, 2.05) is 18.2 Å². The van der Waals surface area contributed by atoms with Crippen LogP contribution < -0.4 is 22.3 Å². The summed E-state index contributed by atoms with van der Waals surface area (Å²) in [5.41, 5.74) is 2.30. The number of nitrogens with zero attached hydrogens (tertiary/aromatic N) is 1. The number of hydrogen-bond acceptors (Lipinski definition) is 3. The Morgan fingerprint density at radius 1 is 1.05 bits per heavy atom. The number of halogens is 2. The Labute approximate surface area is 134 Å². The molecular formula is C14H11Br2N2S-. The third-order valence-corrected chi connectivity index (χ3v) is 4.17. The molecule has 0 unspecified atom stereocenters. The molecule has 0 saturated carbocycles. The van der Waals surface area contributed by atoms with Crippen LogP contribution in [-0.4, -0.2) is 4.98 Å². The van der Waals surface area contributed by atoms with Crippen LogP contribution in [0.1, 0.15) is 5.56 Å². The summed E-state index contributed by atoms with van der Waals surface area (Å²) in [7, 11) is 0. The first-order valence-corrected chi connectivity index (χ1v) is 7.26. The molecule has 0 bridgehead atoms. The lowest BCUT2D eigenvalue weighted by Crippen LogP contribution is -3.00. The molecule has 2 aromatic carbocycles. The van der Waals surface area contributed by atoms with E-state index in [-0.39, 0.29) is 17.0 Å². The van der Waals surface area contributed by atoms with Gasteiger partial charge < -0.3 is 22.3 Å². The van der Waals surface area contributed by atoms with Gasteiger partial charge in [0.15, 0.2) is 5.13 Å². The van der Waals surface area contributed by atoms with E-state index >= 15 is 0 Å². The van der Waals surface area contributed by atoms with Crippen molar-refractivity contribution in [1.29, 1.82) is 0 Å². The summed E-state index contributed by atoms with van der Waals surface area (Å²) in [5.74, 6) is 0. The average molecular weight is 399 g/mol. The molecule has 1 heterocycles. The zero-order valence-electron chi connectivity index (χ0n) is 9.94. The molecule has 5 heteroatoms. The monoisotopic (exact) mass is 397 g/mol. The van der Waals surface area contributed by atoms with Crippen molar-refractivity contribution in [3.05, 3.63) is 58.6 Å². The number of para-hydroxylation sites is 1. The van der Waals surface area contributed by atoms with Crippen LogP contribution in [0.2, 0.25) is 0 Å². The molecule has 98 valence electrons. The lowest BCUT2D eigenvalue weighted by atomic mass is 10.2. The predicted octanol–water partition coefficient (Wildman–Crippen LogP) is 1.67. The van der Waals surface area contributed by atoms with Gasteiger partial charge in [-0.15, -0.1) is 0 Å². The fourth-order valence-corrected chi connectivity index (χ4v) is 2.85. The van der Waals surface area contributed by atoms with E-state index in [0.29, 0.717) is 0 Å². The quantitative estimate of drug-likeness (QED) is 0.725. The summed E-state index contributed by atoms with van der Waals surface area (Å²) < 4.78 is 2.32. The minimum atomic E-state index is 0. The van der Waals surface area contributed by atoms with E-state index in [9.17, 15) is 0 Å². The zero-order chi connectivity index (χ0) is 12.4. The van der Waals surface area contributed by atoms with Crippen molar-refractivity contribution in [3.63, 3.8) is 0 Å². The summed E-state index contributed by atoms with van der Waals surface area (Å²) >= 11 is 5.12. The molecule has 1 aromatic heterocycles. The number of nitrogens with one attached hydrogen (secondary N) is 1. The van der Waals surface area contributed by atoms with E-state index in [0.717, 1.165) is 21.7 Å². The molecule has 0 saturated heterocycles. The smallest absolute Gasteiger partial charge is 0.184 e. The largest absolute Gasteiger partial charge is 1.00 e. The molecule has 0 aliphatic carbocycles. The van der Waals surface area contributed by atoms with Gasteiger partial charge in [-0.1, -0.05) is 51.5 Å². The number of fused-ring (bicyclic) bond motifs is 1. The van der Waals surface area contributed by atoms with E-state index in [2.05, 4.69) is 56.6 Å². The van der Waals surface area contributed by atoms with Crippen LogP contribution >= 0.6 is 27.3 Å². The third-order valence-electron chi connectivity index (χ3n) is 2.65. The van der Waals surface area contributed by atoms with Crippen molar-refractivity contribution in [1.82, 2.24) is 4.98 Å². The molecule has 1 N–H and O–H groups in total. The van der Waals surface area contributed by atoms with Gasteiger partial charge in [-0.25, -0.2) is 4.98 Å². The van der Waals surface area contributed by atoms with Crippen molar-refractivity contribution < 1.29 is 17.0 Å². The summed E-state index contributed by atoms with van der Waals surface area (Å²) in [6.07, 6.45) is 0. The number of rotatable bonds is 3. The molecular weight excluding hydrogens is 388 g/mol. The third kappa shape index (κ3) is 3.55. The van der Waals surface area contributed by atoms with E-state index in [1.54, 1.807) is 11.3 Å². The van der Waals surface area contributed by atoms with Gasteiger partial charge in [-0.05, 0) is 29.8 Å². The van der Waals surface area contributed by atoms with Crippen LogP contribution in [0.3, 0.4) is 0 Å². The van der Waals surface area contributed by atoms with Crippen molar-refractivity contribution in [2.75, 3.05) is 5.32 Å². The Bertz CT molecular complexity index is 632. The number of thiazole rings is 1. The van der Waals surface area contributed by atoms with Gasteiger partial charge in [-0.3, -0.25) is 0 Å². The number of aromatic nitrogens is 1. The topological polar surface area (TPSA) is 24.9 Å². The van der Waals surface area contributed by atoms with Crippen molar-refractivity contribution in [3.8, 4) is 0 Å². The molecule has 0 spiro atoms. The maximum Gasteiger partial charge on any atom is 0.184 e. The lowest BCUT2D eigenvalue weighted by molar-refractivity contribution is -0.00000338. The maximum atomic E-state index is 4.54. The second kappa shape index (κ2) is 6.50. The fourth-order valence-electron chi connectivity index (χ4n) is 1.73. The van der Waals surface area contributed by atoms with Gasteiger partial charge in [0.25, 0.3) is 0 Å². The van der Waals surface area contributed by atoms with Crippen LogP contribution in [0, 0.1) is 0 Å². The van der Waals surface area contributed by atoms with Crippen molar-refractivity contribution in [2.24, 2.45) is 0 Å².